The second kappa shape index (κ2) is 8.69. The Morgan fingerprint density at radius 3 is 2.72 bits per heavy atom. The molecule has 2 bridgehead atoms. The summed E-state index contributed by atoms with van der Waals surface area (Å²) in [5.41, 5.74) is 4.01. The molecule has 0 radical (unpaired) electrons. The maximum atomic E-state index is 12.9. The van der Waals surface area contributed by atoms with Gasteiger partial charge in [0.25, 0.3) is 0 Å². The molecule has 3 rings (SSSR count). The van der Waals surface area contributed by atoms with Crippen LogP contribution in [0.1, 0.15) is 12.0 Å². The van der Waals surface area contributed by atoms with Crippen molar-refractivity contribution in [3.8, 4) is 0 Å². The number of ketones is 1. The van der Waals surface area contributed by atoms with Crippen LogP contribution in [0.25, 0.3) is 0 Å². The van der Waals surface area contributed by atoms with Crippen LogP contribution in [0.3, 0.4) is 0 Å². The highest BCUT2D eigenvalue weighted by molar-refractivity contribution is 8.03. The number of Topliss-reactive ketones (excluding diaryl/α,β-unsaturated/α-hetero) is 1. The Hall–Kier alpha value is -1.52. The van der Waals surface area contributed by atoms with Crippen LogP contribution in [0.2, 0.25) is 10.0 Å². The number of allylic oxidation sites excluding steroid dienone is 2. The second-order valence-corrected chi connectivity index (χ2v) is 8.41. The van der Waals surface area contributed by atoms with Gasteiger partial charge in [0.2, 0.25) is 6.29 Å². The molecule has 2 aliphatic heterocycles. The first-order valence-electron chi connectivity index (χ1n) is 8.28. The van der Waals surface area contributed by atoms with Crippen LogP contribution >= 0.6 is 35.0 Å². The van der Waals surface area contributed by atoms with Gasteiger partial charge in [0, 0.05) is 17.2 Å². The summed E-state index contributed by atoms with van der Waals surface area (Å²) in [6.07, 6.45) is -5.00. The van der Waals surface area contributed by atoms with Gasteiger partial charge in [-0.25, -0.2) is 4.99 Å². The molecule has 2 heterocycles. The zero-order chi connectivity index (χ0) is 21.3. The van der Waals surface area contributed by atoms with Crippen molar-refractivity contribution in [2.24, 2.45) is 10.7 Å². The molecule has 2 fully saturated rings. The molecule has 1 aromatic carbocycles. The van der Waals surface area contributed by atoms with E-state index in [2.05, 4.69) is 11.6 Å². The van der Waals surface area contributed by atoms with E-state index in [9.17, 15) is 18.0 Å². The van der Waals surface area contributed by atoms with Crippen molar-refractivity contribution in [2.75, 3.05) is 6.61 Å². The van der Waals surface area contributed by atoms with Gasteiger partial charge in [-0.3, -0.25) is 4.79 Å². The lowest BCUT2D eigenvalue weighted by molar-refractivity contribution is -0.151. The first kappa shape index (κ1) is 22.2. The summed E-state index contributed by atoms with van der Waals surface area (Å²) >= 11 is 13.0. The van der Waals surface area contributed by atoms with Gasteiger partial charge in [-0.05, 0) is 18.2 Å². The maximum absolute atomic E-state index is 12.9. The van der Waals surface area contributed by atoms with E-state index in [1.54, 1.807) is 0 Å². The van der Waals surface area contributed by atoms with E-state index in [-0.39, 0.29) is 56.5 Å². The summed E-state index contributed by atoms with van der Waals surface area (Å²) in [6.45, 7) is 4.04. The number of rotatable bonds is 5. The molecule has 3 unspecified atom stereocenters. The summed E-state index contributed by atoms with van der Waals surface area (Å²) in [5, 5.41) is 0.263. The number of nitrogens with zero attached hydrogens (tertiary/aromatic N) is 1. The SMILES string of the molecule is C=C(N=C(/C=C(\N)C(F)(F)F)c1ccc(Cl)c(Cl)c1)SC1CC(=O)C2OCC1O2. The van der Waals surface area contributed by atoms with Crippen LogP contribution < -0.4 is 5.73 Å². The van der Waals surface area contributed by atoms with E-state index in [0.29, 0.717) is 6.08 Å². The number of carbonyl (C=O) groups excluding carboxylic acids is 1. The molecular weight excluding hydrogens is 452 g/mol. The molecule has 11 heteroatoms. The summed E-state index contributed by atoms with van der Waals surface area (Å²) in [5.74, 6) is -0.195. The van der Waals surface area contributed by atoms with Gasteiger partial charge in [-0.2, -0.15) is 13.2 Å². The van der Waals surface area contributed by atoms with Crippen molar-refractivity contribution in [1.29, 1.82) is 0 Å². The van der Waals surface area contributed by atoms with Crippen molar-refractivity contribution < 1.29 is 27.4 Å². The molecule has 29 heavy (non-hydrogen) atoms. The largest absolute Gasteiger partial charge is 0.430 e. The first-order valence-corrected chi connectivity index (χ1v) is 9.92. The third-order valence-electron chi connectivity index (χ3n) is 4.16. The van der Waals surface area contributed by atoms with E-state index in [4.69, 9.17) is 38.4 Å². The maximum Gasteiger partial charge on any atom is 0.430 e. The zero-order valence-corrected chi connectivity index (χ0v) is 17.0. The Balaban J connectivity index is 1.88. The molecule has 156 valence electrons. The minimum absolute atomic E-state index is 0.0977. The number of hydrogen-bond acceptors (Lipinski definition) is 6. The fourth-order valence-corrected chi connectivity index (χ4v) is 4.07. The lowest BCUT2D eigenvalue weighted by Crippen LogP contribution is -2.37. The van der Waals surface area contributed by atoms with Crippen molar-refractivity contribution in [2.45, 2.75) is 30.2 Å². The molecule has 2 N–H and O–H groups in total. The minimum atomic E-state index is -4.73. The van der Waals surface area contributed by atoms with E-state index in [1.165, 1.54) is 18.2 Å². The summed E-state index contributed by atoms with van der Waals surface area (Å²) in [6, 6.07) is 4.28. The molecule has 2 aliphatic rings. The first-order chi connectivity index (χ1) is 13.5. The zero-order valence-electron chi connectivity index (χ0n) is 14.7. The summed E-state index contributed by atoms with van der Waals surface area (Å²) in [7, 11) is 0. The number of ether oxygens (including phenoxy) is 2. The number of benzene rings is 1. The van der Waals surface area contributed by atoms with Crippen molar-refractivity contribution in [3.63, 3.8) is 0 Å². The van der Waals surface area contributed by atoms with Crippen molar-refractivity contribution in [1.82, 2.24) is 0 Å². The fourth-order valence-electron chi connectivity index (χ4n) is 2.73. The number of alkyl halides is 3. The van der Waals surface area contributed by atoms with Gasteiger partial charge in [0.05, 0.1) is 33.5 Å². The Bertz CT molecular complexity index is 905. The average Bonchev–Trinajstić information content (AvgIpc) is 3.07. The normalized spacial score (nSPS) is 25.4. The monoisotopic (exact) mass is 466 g/mol. The lowest BCUT2D eigenvalue weighted by atomic mass is 10.1. The van der Waals surface area contributed by atoms with Gasteiger partial charge in [-0.1, -0.05) is 35.8 Å². The number of fused-ring (bicyclic) bond motifs is 2. The second-order valence-electron chi connectivity index (χ2n) is 6.28. The quantitative estimate of drug-likeness (QED) is 0.647. The van der Waals surface area contributed by atoms with Crippen LogP contribution in [0.4, 0.5) is 13.2 Å². The molecule has 0 spiro atoms. The molecule has 3 atom stereocenters. The van der Waals surface area contributed by atoms with Crippen LogP contribution in [-0.4, -0.2) is 41.9 Å². The third kappa shape index (κ3) is 5.35. The number of hydrogen-bond donors (Lipinski definition) is 1. The smallest absolute Gasteiger partial charge is 0.395 e. The van der Waals surface area contributed by atoms with Crippen LogP contribution in [0.5, 0.6) is 0 Å². The highest BCUT2D eigenvalue weighted by Gasteiger charge is 2.43. The topological polar surface area (TPSA) is 73.9 Å². The van der Waals surface area contributed by atoms with Crippen LogP contribution in [0.15, 0.2) is 46.6 Å². The van der Waals surface area contributed by atoms with Crippen molar-refractivity contribution in [3.05, 3.63) is 57.2 Å². The molecule has 0 amide bonds. The van der Waals surface area contributed by atoms with E-state index in [1.807, 2.05) is 0 Å². The standard InChI is InChI=1S/C18H15Cl2F3N2O3S/c1-8(29-15-6-13(26)17-27-7-14(15)28-17)25-12(5-16(24)18(21,22)23)9-2-3-10(19)11(20)4-9/h2-5,14-15,17H,1,6-7,24H2/b16-5-,25-12?. The summed E-state index contributed by atoms with van der Waals surface area (Å²) in [4.78, 5) is 16.1. The number of carbonyl (C=O) groups is 1. The summed E-state index contributed by atoms with van der Waals surface area (Å²) < 4.78 is 49.5. The Kier molecular flexibility index (Phi) is 6.64. The predicted octanol–water partition coefficient (Wildman–Crippen LogP) is 4.47. The minimum Gasteiger partial charge on any atom is -0.395 e. The number of halogens is 5. The molecule has 0 aliphatic carbocycles. The van der Waals surface area contributed by atoms with E-state index >= 15 is 0 Å². The van der Waals surface area contributed by atoms with Crippen LogP contribution in [-0.2, 0) is 14.3 Å². The molecule has 5 nitrogen and oxygen atoms in total. The molecule has 0 aromatic heterocycles. The molecular formula is C18H15Cl2F3N2O3S. The highest BCUT2D eigenvalue weighted by atomic mass is 35.5. The van der Waals surface area contributed by atoms with E-state index in [0.717, 1.165) is 11.8 Å². The fraction of sp³-hybridized carbons (Fsp3) is 0.333. The third-order valence-corrected chi connectivity index (χ3v) is 6.03. The highest BCUT2D eigenvalue weighted by Crippen LogP contribution is 2.36. The molecule has 0 saturated carbocycles. The number of aliphatic imine (C=N–C) groups is 1. The van der Waals surface area contributed by atoms with Gasteiger partial charge in [-0.15, -0.1) is 11.8 Å². The lowest BCUT2D eigenvalue weighted by Gasteiger charge is -2.25. The van der Waals surface area contributed by atoms with Gasteiger partial charge in [0.15, 0.2) is 5.78 Å². The predicted molar refractivity (Wildman–Crippen MR) is 106 cm³/mol. The van der Waals surface area contributed by atoms with Gasteiger partial charge < -0.3 is 15.2 Å². The van der Waals surface area contributed by atoms with Gasteiger partial charge in [0.1, 0.15) is 5.70 Å². The Morgan fingerprint density at radius 2 is 2.07 bits per heavy atom. The Morgan fingerprint density at radius 1 is 1.34 bits per heavy atom. The Labute approximate surface area is 178 Å². The number of thioether (sulfide) groups is 1. The molecule has 1 aromatic rings. The average molecular weight is 467 g/mol. The number of nitrogens with two attached hydrogens (primary N) is 1. The molecule has 2 saturated heterocycles. The van der Waals surface area contributed by atoms with Gasteiger partial charge >= 0.3 is 6.18 Å². The van der Waals surface area contributed by atoms with Crippen molar-refractivity contribution >= 4 is 46.5 Å². The van der Waals surface area contributed by atoms with E-state index < -0.39 is 18.2 Å². The van der Waals surface area contributed by atoms with Crippen LogP contribution in [0, 0.1) is 0 Å².